The maximum atomic E-state index is 12.3. The molecule has 0 bridgehead atoms. The van der Waals surface area contributed by atoms with Crippen LogP contribution in [0.3, 0.4) is 0 Å². The molecule has 134 valence electrons. The van der Waals surface area contributed by atoms with Crippen LogP contribution < -0.4 is 10.1 Å². The molecule has 1 amide bonds. The summed E-state index contributed by atoms with van der Waals surface area (Å²) >= 11 is 3.39. The molecule has 9 heteroatoms. The van der Waals surface area contributed by atoms with Crippen molar-refractivity contribution < 1.29 is 14.5 Å². The summed E-state index contributed by atoms with van der Waals surface area (Å²) in [5.74, 6) is -0.283. The average Bonchev–Trinajstić information content (AvgIpc) is 3.02. The lowest BCUT2D eigenvalue weighted by atomic mass is 10.1. The Kier molecular flexibility index (Phi) is 5.17. The summed E-state index contributed by atoms with van der Waals surface area (Å²) in [6.45, 7) is 2.24. The van der Waals surface area contributed by atoms with Crippen LogP contribution in [0.2, 0.25) is 0 Å². The van der Waals surface area contributed by atoms with E-state index in [4.69, 9.17) is 4.74 Å². The third-order valence-corrected chi connectivity index (χ3v) is 4.08. The molecule has 0 spiro atoms. The Morgan fingerprint density at radius 3 is 2.88 bits per heavy atom. The van der Waals surface area contributed by atoms with Gasteiger partial charge < -0.3 is 14.5 Å². The second-order valence-corrected chi connectivity index (χ2v) is 6.32. The number of rotatable bonds is 6. The molecule has 0 aliphatic carbocycles. The standard InChI is InChI=1S/C17H15BrN4O4/c1-2-26-15-5-3-11(7-14(15)22(24)25)17(23)19-8-13-10-21-9-12(18)4-6-16(21)20-13/h3-7,9-10H,2,8H2,1H3,(H,19,23). The van der Waals surface area contributed by atoms with Crippen LogP contribution in [0.1, 0.15) is 23.0 Å². The van der Waals surface area contributed by atoms with Crippen LogP contribution in [0, 0.1) is 10.1 Å². The number of hydrogen-bond acceptors (Lipinski definition) is 5. The van der Waals surface area contributed by atoms with Crippen LogP contribution in [0.5, 0.6) is 5.75 Å². The van der Waals surface area contributed by atoms with E-state index in [0.29, 0.717) is 12.3 Å². The Labute approximate surface area is 157 Å². The Balaban J connectivity index is 1.74. The number of halogens is 1. The fraction of sp³-hybridized carbons (Fsp3) is 0.176. The number of benzene rings is 1. The van der Waals surface area contributed by atoms with Gasteiger partial charge in [-0.2, -0.15) is 0 Å². The number of imidazole rings is 1. The van der Waals surface area contributed by atoms with Gasteiger partial charge in [0.15, 0.2) is 5.75 Å². The second-order valence-electron chi connectivity index (χ2n) is 5.40. The number of nitro benzene ring substituents is 1. The molecule has 3 aromatic rings. The highest BCUT2D eigenvalue weighted by molar-refractivity contribution is 9.10. The van der Waals surface area contributed by atoms with Gasteiger partial charge in [0.2, 0.25) is 0 Å². The van der Waals surface area contributed by atoms with E-state index in [0.717, 1.165) is 10.1 Å². The number of nitro groups is 1. The van der Waals surface area contributed by atoms with E-state index in [1.54, 1.807) is 13.1 Å². The number of pyridine rings is 1. The molecule has 3 rings (SSSR count). The van der Waals surface area contributed by atoms with Crippen molar-refractivity contribution in [2.24, 2.45) is 0 Å². The van der Waals surface area contributed by atoms with Crippen LogP contribution in [0.15, 0.2) is 47.2 Å². The van der Waals surface area contributed by atoms with E-state index in [1.807, 2.05) is 22.7 Å². The van der Waals surface area contributed by atoms with Gasteiger partial charge in [0, 0.05) is 28.5 Å². The predicted octanol–water partition coefficient (Wildman–Crippen LogP) is 3.33. The zero-order chi connectivity index (χ0) is 18.7. The SMILES string of the molecule is CCOc1ccc(C(=O)NCc2cn3cc(Br)ccc3n2)cc1[N+](=O)[O-]. The van der Waals surface area contributed by atoms with Gasteiger partial charge in [-0.1, -0.05) is 0 Å². The predicted molar refractivity (Wildman–Crippen MR) is 98.3 cm³/mol. The Bertz CT molecular complexity index is 986. The molecular formula is C17H15BrN4O4. The fourth-order valence-electron chi connectivity index (χ4n) is 2.45. The maximum Gasteiger partial charge on any atom is 0.311 e. The largest absolute Gasteiger partial charge is 0.487 e. The van der Waals surface area contributed by atoms with Gasteiger partial charge in [0.1, 0.15) is 5.65 Å². The van der Waals surface area contributed by atoms with Crippen LogP contribution >= 0.6 is 15.9 Å². The van der Waals surface area contributed by atoms with Crippen LogP contribution in [-0.4, -0.2) is 26.8 Å². The Hall–Kier alpha value is -2.94. The molecule has 2 heterocycles. The minimum absolute atomic E-state index is 0.139. The third kappa shape index (κ3) is 3.83. The van der Waals surface area contributed by atoms with Crippen LogP contribution in [0.4, 0.5) is 5.69 Å². The first-order chi connectivity index (χ1) is 12.5. The van der Waals surface area contributed by atoms with E-state index < -0.39 is 10.8 Å². The highest BCUT2D eigenvalue weighted by Gasteiger charge is 2.18. The molecule has 0 atom stereocenters. The number of carbonyl (C=O) groups is 1. The van der Waals surface area contributed by atoms with Crippen molar-refractivity contribution in [1.29, 1.82) is 0 Å². The molecular weight excluding hydrogens is 404 g/mol. The zero-order valence-electron chi connectivity index (χ0n) is 13.8. The molecule has 1 N–H and O–H groups in total. The average molecular weight is 419 g/mol. The van der Waals surface area contributed by atoms with E-state index in [9.17, 15) is 14.9 Å². The minimum Gasteiger partial charge on any atom is -0.487 e. The number of nitrogens with zero attached hydrogens (tertiary/aromatic N) is 3. The molecule has 2 aromatic heterocycles. The smallest absolute Gasteiger partial charge is 0.311 e. The molecule has 1 aromatic carbocycles. The summed E-state index contributed by atoms with van der Waals surface area (Å²) in [5.41, 5.74) is 1.38. The number of hydrogen-bond donors (Lipinski definition) is 1. The van der Waals surface area contributed by atoms with E-state index in [2.05, 4.69) is 26.2 Å². The van der Waals surface area contributed by atoms with Crippen molar-refractivity contribution in [2.75, 3.05) is 6.61 Å². The zero-order valence-corrected chi connectivity index (χ0v) is 15.4. The summed E-state index contributed by atoms with van der Waals surface area (Å²) in [5, 5.41) is 13.9. The quantitative estimate of drug-likeness (QED) is 0.488. The summed E-state index contributed by atoms with van der Waals surface area (Å²) < 4.78 is 7.97. The van der Waals surface area contributed by atoms with Gasteiger partial charge in [-0.25, -0.2) is 4.98 Å². The summed E-state index contributed by atoms with van der Waals surface area (Å²) in [7, 11) is 0. The van der Waals surface area contributed by atoms with E-state index >= 15 is 0 Å². The van der Waals surface area contributed by atoms with Gasteiger partial charge in [-0.15, -0.1) is 0 Å². The number of carbonyl (C=O) groups excluding carboxylic acids is 1. The van der Waals surface area contributed by atoms with Gasteiger partial charge in [-0.3, -0.25) is 14.9 Å². The normalized spacial score (nSPS) is 10.7. The molecule has 0 saturated heterocycles. The lowest BCUT2D eigenvalue weighted by Gasteiger charge is -2.07. The Morgan fingerprint density at radius 2 is 2.15 bits per heavy atom. The molecule has 0 fully saturated rings. The molecule has 0 radical (unpaired) electrons. The lowest BCUT2D eigenvalue weighted by Crippen LogP contribution is -2.23. The van der Waals surface area contributed by atoms with Gasteiger partial charge in [0.25, 0.3) is 5.91 Å². The van der Waals surface area contributed by atoms with Crippen molar-refractivity contribution >= 4 is 33.2 Å². The maximum absolute atomic E-state index is 12.3. The van der Waals surface area contributed by atoms with E-state index in [-0.39, 0.29) is 23.5 Å². The highest BCUT2D eigenvalue weighted by Crippen LogP contribution is 2.28. The van der Waals surface area contributed by atoms with E-state index in [1.165, 1.54) is 18.2 Å². The van der Waals surface area contributed by atoms with Crippen molar-refractivity contribution in [1.82, 2.24) is 14.7 Å². The first-order valence-corrected chi connectivity index (χ1v) is 8.60. The molecule has 0 unspecified atom stereocenters. The fourth-order valence-corrected chi connectivity index (χ4v) is 2.81. The van der Waals surface area contributed by atoms with Crippen molar-refractivity contribution in [2.45, 2.75) is 13.5 Å². The summed E-state index contributed by atoms with van der Waals surface area (Å²) in [6.07, 6.45) is 3.67. The topological polar surface area (TPSA) is 98.8 Å². The first kappa shape index (κ1) is 17.9. The minimum atomic E-state index is -0.568. The lowest BCUT2D eigenvalue weighted by molar-refractivity contribution is -0.385. The second kappa shape index (κ2) is 7.52. The Morgan fingerprint density at radius 1 is 1.35 bits per heavy atom. The third-order valence-electron chi connectivity index (χ3n) is 3.61. The number of fused-ring (bicyclic) bond motifs is 1. The number of ether oxygens (including phenoxy) is 1. The monoisotopic (exact) mass is 418 g/mol. The summed E-state index contributed by atoms with van der Waals surface area (Å²) in [4.78, 5) is 27.3. The first-order valence-electron chi connectivity index (χ1n) is 7.80. The molecule has 0 aliphatic heterocycles. The molecule has 0 saturated carbocycles. The van der Waals surface area contributed by atoms with Gasteiger partial charge in [-0.05, 0) is 47.1 Å². The van der Waals surface area contributed by atoms with Gasteiger partial charge >= 0.3 is 5.69 Å². The molecule has 8 nitrogen and oxygen atoms in total. The number of nitrogens with one attached hydrogen (secondary N) is 1. The highest BCUT2D eigenvalue weighted by atomic mass is 79.9. The molecule has 0 aliphatic rings. The summed E-state index contributed by atoms with van der Waals surface area (Å²) in [6, 6.07) is 7.86. The van der Waals surface area contributed by atoms with Crippen molar-refractivity contribution in [3.8, 4) is 5.75 Å². The molecule has 26 heavy (non-hydrogen) atoms. The number of amides is 1. The van der Waals surface area contributed by atoms with Crippen LogP contribution in [0.25, 0.3) is 5.65 Å². The number of aromatic nitrogens is 2. The van der Waals surface area contributed by atoms with Crippen molar-refractivity contribution in [3.63, 3.8) is 0 Å². The van der Waals surface area contributed by atoms with Crippen molar-refractivity contribution in [3.05, 3.63) is 68.6 Å². The van der Waals surface area contributed by atoms with Crippen LogP contribution in [-0.2, 0) is 6.54 Å². The van der Waals surface area contributed by atoms with Gasteiger partial charge in [0.05, 0.1) is 23.8 Å².